The topological polar surface area (TPSA) is 43.4 Å². The fourth-order valence-corrected chi connectivity index (χ4v) is 2.67. The third-order valence-corrected chi connectivity index (χ3v) is 3.75. The Kier molecular flexibility index (Phi) is 6.71. The van der Waals surface area contributed by atoms with Gasteiger partial charge in [0, 0.05) is 4.90 Å². The summed E-state index contributed by atoms with van der Waals surface area (Å²) in [6.45, 7) is 5.59. The first-order chi connectivity index (χ1) is 9.45. The molecule has 0 radical (unpaired) electrons. The molecule has 3 nitrogen and oxygen atoms in total. The maximum absolute atomic E-state index is 13.0. The highest BCUT2D eigenvalue weighted by molar-refractivity contribution is 8.00. The van der Waals surface area contributed by atoms with Gasteiger partial charge in [0.25, 0.3) is 0 Å². The largest absolute Gasteiger partial charge is 0.465 e. The molecular formula is C15H19FO3S. The molecule has 0 aliphatic carbocycles. The molecule has 0 saturated heterocycles. The number of ether oxygens (including phenoxy) is 1. The number of rotatable bonds is 7. The molecule has 1 unspecified atom stereocenters. The van der Waals surface area contributed by atoms with Gasteiger partial charge in [-0.2, -0.15) is 0 Å². The molecule has 1 aromatic rings. The molecule has 1 atom stereocenters. The van der Waals surface area contributed by atoms with Crippen LogP contribution in [0.1, 0.15) is 20.8 Å². The van der Waals surface area contributed by atoms with Crippen LogP contribution in [0.2, 0.25) is 0 Å². The third-order valence-electron chi connectivity index (χ3n) is 2.73. The summed E-state index contributed by atoms with van der Waals surface area (Å²) in [5.41, 5.74) is 0. The van der Waals surface area contributed by atoms with Crippen molar-refractivity contribution >= 4 is 23.5 Å². The second-order valence-electron chi connectivity index (χ2n) is 4.69. The fourth-order valence-electron chi connectivity index (χ4n) is 1.81. The van der Waals surface area contributed by atoms with Gasteiger partial charge < -0.3 is 4.74 Å². The minimum Gasteiger partial charge on any atom is -0.465 e. The van der Waals surface area contributed by atoms with E-state index in [9.17, 15) is 14.0 Å². The first kappa shape index (κ1) is 16.7. The van der Waals surface area contributed by atoms with E-state index >= 15 is 0 Å². The molecular weight excluding hydrogens is 279 g/mol. The molecule has 0 saturated carbocycles. The van der Waals surface area contributed by atoms with Crippen molar-refractivity contribution in [1.29, 1.82) is 0 Å². The minimum atomic E-state index is -0.754. The zero-order valence-electron chi connectivity index (χ0n) is 11.9. The summed E-state index contributed by atoms with van der Waals surface area (Å²) in [6.07, 6.45) is 0. The zero-order valence-corrected chi connectivity index (χ0v) is 12.7. The lowest BCUT2D eigenvalue weighted by atomic mass is 9.92. The van der Waals surface area contributed by atoms with Crippen molar-refractivity contribution in [3.05, 3.63) is 30.1 Å². The van der Waals surface area contributed by atoms with Gasteiger partial charge >= 0.3 is 5.97 Å². The summed E-state index contributed by atoms with van der Waals surface area (Å²) in [6, 6.07) is 6.04. The summed E-state index contributed by atoms with van der Waals surface area (Å²) in [5, 5.41) is 0. The van der Waals surface area contributed by atoms with E-state index in [0.717, 1.165) is 0 Å². The summed E-state index contributed by atoms with van der Waals surface area (Å²) in [7, 11) is 0. The second-order valence-corrected chi connectivity index (χ2v) is 5.73. The Morgan fingerprint density at radius 1 is 1.35 bits per heavy atom. The fraction of sp³-hybridized carbons (Fsp3) is 0.467. The summed E-state index contributed by atoms with van der Waals surface area (Å²) in [4.78, 5) is 24.6. The van der Waals surface area contributed by atoms with Gasteiger partial charge in [-0.05, 0) is 31.0 Å². The van der Waals surface area contributed by atoms with Crippen molar-refractivity contribution in [2.75, 3.05) is 12.4 Å². The summed E-state index contributed by atoms with van der Waals surface area (Å²) < 4.78 is 18.0. The van der Waals surface area contributed by atoms with Crippen molar-refractivity contribution in [2.45, 2.75) is 25.7 Å². The van der Waals surface area contributed by atoms with E-state index in [-0.39, 0.29) is 29.9 Å². The van der Waals surface area contributed by atoms with Gasteiger partial charge in [0.05, 0.1) is 12.4 Å². The Labute approximate surface area is 122 Å². The molecule has 0 aromatic heterocycles. The van der Waals surface area contributed by atoms with Crippen LogP contribution < -0.4 is 0 Å². The molecule has 0 spiro atoms. The minimum absolute atomic E-state index is 0.116. The van der Waals surface area contributed by atoms with Crippen LogP contribution in [-0.2, 0) is 14.3 Å². The highest BCUT2D eigenvalue weighted by atomic mass is 32.2. The van der Waals surface area contributed by atoms with Crippen molar-refractivity contribution in [2.24, 2.45) is 11.8 Å². The quantitative estimate of drug-likeness (QED) is 0.440. The molecule has 0 aliphatic rings. The predicted octanol–water partition coefficient (Wildman–Crippen LogP) is 3.32. The number of halogens is 1. The molecule has 110 valence electrons. The number of hydrogen-bond donors (Lipinski definition) is 0. The van der Waals surface area contributed by atoms with E-state index in [1.54, 1.807) is 19.1 Å². The average molecular weight is 298 g/mol. The van der Waals surface area contributed by atoms with Crippen molar-refractivity contribution < 1.29 is 18.7 Å². The van der Waals surface area contributed by atoms with Crippen LogP contribution in [-0.4, -0.2) is 24.1 Å². The Morgan fingerprint density at radius 2 is 2.05 bits per heavy atom. The lowest BCUT2D eigenvalue weighted by Gasteiger charge is -2.17. The maximum Gasteiger partial charge on any atom is 0.316 e. The number of carbonyl (C=O) groups is 2. The van der Waals surface area contributed by atoms with E-state index in [0.29, 0.717) is 4.90 Å². The summed E-state index contributed by atoms with van der Waals surface area (Å²) >= 11 is 1.23. The van der Waals surface area contributed by atoms with Crippen molar-refractivity contribution in [3.8, 4) is 0 Å². The Balaban J connectivity index is 2.65. The van der Waals surface area contributed by atoms with E-state index in [4.69, 9.17) is 4.74 Å². The van der Waals surface area contributed by atoms with Crippen LogP contribution in [0.15, 0.2) is 29.2 Å². The molecule has 20 heavy (non-hydrogen) atoms. The third kappa shape index (κ3) is 4.96. The number of ketones is 1. The molecule has 0 heterocycles. The van der Waals surface area contributed by atoms with Crippen LogP contribution in [0.4, 0.5) is 4.39 Å². The van der Waals surface area contributed by atoms with Crippen LogP contribution in [0.25, 0.3) is 0 Å². The van der Waals surface area contributed by atoms with Gasteiger partial charge in [-0.15, -0.1) is 11.8 Å². The number of Topliss-reactive ketones (excluding diaryl/α,β-unsaturated/α-hetero) is 1. The number of hydrogen-bond acceptors (Lipinski definition) is 4. The normalized spacial score (nSPS) is 12.2. The van der Waals surface area contributed by atoms with E-state index in [1.807, 2.05) is 13.8 Å². The predicted molar refractivity (Wildman–Crippen MR) is 77.1 cm³/mol. The van der Waals surface area contributed by atoms with Gasteiger partial charge in [0.1, 0.15) is 11.7 Å². The number of carbonyl (C=O) groups excluding carboxylic acids is 2. The van der Waals surface area contributed by atoms with Crippen molar-refractivity contribution in [3.63, 3.8) is 0 Å². The van der Waals surface area contributed by atoms with Crippen LogP contribution in [0.3, 0.4) is 0 Å². The Morgan fingerprint density at radius 3 is 2.60 bits per heavy atom. The molecule has 0 fully saturated rings. The van der Waals surface area contributed by atoms with E-state index in [1.165, 1.54) is 23.9 Å². The molecule has 1 aromatic carbocycles. The number of thioether (sulfide) groups is 1. The van der Waals surface area contributed by atoms with Gasteiger partial charge in [0.2, 0.25) is 0 Å². The first-order valence-corrected chi connectivity index (χ1v) is 7.52. The van der Waals surface area contributed by atoms with Gasteiger partial charge in [-0.1, -0.05) is 19.9 Å². The molecule has 1 rings (SSSR count). The standard InChI is InChI=1S/C15H19FO3S/c1-4-19-15(18)14(10(2)3)13(17)9-20-12-7-5-6-11(16)8-12/h5-8,10,14H,4,9H2,1-3H3. The highest BCUT2D eigenvalue weighted by Crippen LogP contribution is 2.22. The Bertz CT molecular complexity index is 474. The monoisotopic (exact) mass is 298 g/mol. The van der Waals surface area contributed by atoms with Crippen molar-refractivity contribution in [1.82, 2.24) is 0 Å². The second kappa shape index (κ2) is 8.04. The lowest BCUT2D eigenvalue weighted by Crippen LogP contribution is -2.31. The highest BCUT2D eigenvalue weighted by Gasteiger charge is 2.30. The molecule has 0 amide bonds. The first-order valence-electron chi connectivity index (χ1n) is 6.53. The van der Waals surface area contributed by atoms with Gasteiger partial charge in [-0.25, -0.2) is 4.39 Å². The smallest absolute Gasteiger partial charge is 0.316 e. The van der Waals surface area contributed by atoms with Crippen LogP contribution >= 0.6 is 11.8 Å². The van der Waals surface area contributed by atoms with Gasteiger partial charge in [0.15, 0.2) is 5.78 Å². The number of esters is 1. The van der Waals surface area contributed by atoms with E-state index < -0.39 is 11.9 Å². The average Bonchev–Trinajstić information content (AvgIpc) is 2.36. The van der Waals surface area contributed by atoms with Gasteiger partial charge in [-0.3, -0.25) is 9.59 Å². The van der Waals surface area contributed by atoms with E-state index in [2.05, 4.69) is 0 Å². The Hall–Kier alpha value is -1.36. The molecule has 0 N–H and O–H groups in total. The van der Waals surface area contributed by atoms with Crippen LogP contribution in [0.5, 0.6) is 0 Å². The molecule has 5 heteroatoms. The van der Waals surface area contributed by atoms with Crippen LogP contribution in [0, 0.1) is 17.7 Å². The maximum atomic E-state index is 13.0. The molecule has 0 aliphatic heterocycles. The SMILES string of the molecule is CCOC(=O)C(C(=O)CSc1cccc(F)c1)C(C)C. The lowest BCUT2D eigenvalue weighted by molar-refractivity contribution is -0.152. The number of benzene rings is 1. The zero-order chi connectivity index (χ0) is 15.1. The molecule has 0 bridgehead atoms. The summed E-state index contributed by atoms with van der Waals surface area (Å²) in [5.74, 6) is -1.75.